The Morgan fingerprint density at radius 2 is 1.57 bits per heavy atom. The number of aliphatic carboxylic acids is 2. The van der Waals surface area contributed by atoms with Crippen LogP contribution in [0.5, 0.6) is 0 Å². The molecule has 0 aliphatic heterocycles. The van der Waals surface area contributed by atoms with Crippen LogP contribution in [0.1, 0.15) is 46.0 Å². The van der Waals surface area contributed by atoms with E-state index in [1.807, 2.05) is 19.2 Å². The maximum absolute atomic E-state index is 12.4. The molecular formula is C18H33N5O7. The Kier molecular flexibility index (Phi) is 13.0. The summed E-state index contributed by atoms with van der Waals surface area (Å²) in [6, 6.07) is -3.35. The number of carboxylic acid groups (broad SMARTS) is 2. The second-order valence-electron chi connectivity index (χ2n) is 7.36. The van der Waals surface area contributed by atoms with Crippen molar-refractivity contribution >= 4 is 29.7 Å². The first kappa shape index (κ1) is 27.3. The summed E-state index contributed by atoms with van der Waals surface area (Å²) in [6.45, 7) is 3.65. The van der Waals surface area contributed by atoms with Gasteiger partial charge >= 0.3 is 11.9 Å². The van der Waals surface area contributed by atoms with Gasteiger partial charge in [-0.15, -0.1) is 0 Å². The SMILES string of the molecule is CC(C)CC(N)C(=O)NC(CCCCN)C(=O)NCC(=O)NC(CC(=O)O)C(=O)O. The number of hydrogen-bond donors (Lipinski definition) is 7. The third kappa shape index (κ3) is 12.0. The highest BCUT2D eigenvalue weighted by molar-refractivity contribution is 5.93. The number of rotatable bonds is 15. The van der Waals surface area contributed by atoms with Gasteiger partial charge in [0.2, 0.25) is 17.7 Å². The van der Waals surface area contributed by atoms with E-state index in [1.165, 1.54) is 0 Å². The average Bonchev–Trinajstić information content (AvgIpc) is 2.63. The number of nitrogens with one attached hydrogen (secondary N) is 3. The zero-order valence-electron chi connectivity index (χ0n) is 17.3. The van der Waals surface area contributed by atoms with Crippen molar-refractivity contribution < 1.29 is 34.2 Å². The van der Waals surface area contributed by atoms with Crippen LogP contribution in [-0.2, 0) is 24.0 Å². The third-order valence-corrected chi connectivity index (χ3v) is 4.08. The zero-order chi connectivity index (χ0) is 23.3. The van der Waals surface area contributed by atoms with Gasteiger partial charge in [-0.1, -0.05) is 13.8 Å². The average molecular weight is 431 g/mol. The summed E-state index contributed by atoms with van der Waals surface area (Å²) in [4.78, 5) is 58.2. The standard InChI is InChI=1S/C18H33N5O7/c1-10(2)7-11(20)16(27)23-12(5-3-4-6-19)17(28)21-9-14(24)22-13(18(29)30)8-15(25)26/h10-13H,3-9,19-20H2,1-2H3,(H,21,28)(H,22,24)(H,23,27)(H,25,26)(H,29,30). The summed E-state index contributed by atoms with van der Waals surface area (Å²) in [5.74, 6) is -4.73. The predicted molar refractivity (Wildman–Crippen MR) is 107 cm³/mol. The van der Waals surface area contributed by atoms with Gasteiger partial charge in [-0.25, -0.2) is 4.79 Å². The summed E-state index contributed by atoms with van der Waals surface area (Å²) < 4.78 is 0. The van der Waals surface area contributed by atoms with Crippen molar-refractivity contribution in [3.63, 3.8) is 0 Å². The highest BCUT2D eigenvalue weighted by atomic mass is 16.4. The molecule has 3 amide bonds. The van der Waals surface area contributed by atoms with E-state index >= 15 is 0 Å². The molecule has 9 N–H and O–H groups in total. The molecule has 0 saturated carbocycles. The van der Waals surface area contributed by atoms with Crippen molar-refractivity contribution in [1.29, 1.82) is 0 Å². The summed E-state index contributed by atoms with van der Waals surface area (Å²) in [5.41, 5.74) is 11.3. The lowest BCUT2D eigenvalue weighted by molar-refractivity contribution is -0.147. The molecule has 3 atom stereocenters. The molecule has 0 aliphatic rings. The Bertz CT molecular complexity index is 612. The smallest absolute Gasteiger partial charge is 0.326 e. The van der Waals surface area contributed by atoms with Crippen molar-refractivity contribution in [2.45, 2.75) is 64.1 Å². The number of nitrogens with two attached hydrogens (primary N) is 2. The predicted octanol–water partition coefficient (Wildman–Crippen LogP) is -1.87. The fourth-order valence-electron chi connectivity index (χ4n) is 2.57. The molecular weight excluding hydrogens is 398 g/mol. The van der Waals surface area contributed by atoms with Crippen LogP contribution in [0.25, 0.3) is 0 Å². The highest BCUT2D eigenvalue weighted by Gasteiger charge is 2.26. The van der Waals surface area contributed by atoms with E-state index in [9.17, 15) is 24.0 Å². The Morgan fingerprint density at radius 3 is 2.07 bits per heavy atom. The van der Waals surface area contributed by atoms with Gasteiger partial charge in [0.25, 0.3) is 0 Å². The van der Waals surface area contributed by atoms with Gasteiger partial charge in [0.1, 0.15) is 12.1 Å². The highest BCUT2D eigenvalue weighted by Crippen LogP contribution is 2.05. The molecule has 0 aromatic rings. The van der Waals surface area contributed by atoms with E-state index in [2.05, 4.69) is 10.6 Å². The molecule has 0 rings (SSSR count). The molecule has 0 spiro atoms. The van der Waals surface area contributed by atoms with Gasteiger partial charge in [0.15, 0.2) is 0 Å². The fourth-order valence-corrected chi connectivity index (χ4v) is 2.57. The lowest BCUT2D eigenvalue weighted by atomic mass is 10.0. The van der Waals surface area contributed by atoms with Crippen molar-refractivity contribution in [3.8, 4) is 0 Å². The molecule has 0 aromatic carbocycles. The number of hydrogen-bond acceptors (Lipinski definition) is 7. The van der Waals surface area contributed by atoms with Crippen molar-refractivity contribution in [1.82, 2.24) is 16.0 Å². The normalized spacial score (nSPS) is 13.8. The molecule has 12 heteroatoms. The minimum atomic E-state index is -1.62. The first-order valence-corrected chi connectivity index (χ1v) is 9.75. The van der Waals surface area contributed by atoms with E-state index in [4.69, 9.17) is 21.7 Å². The van der Waals surface area contributed by atoms with E-state index in [1.54, 1.807) is 0 Å². The Labute approximate surface area is 175 Å². The first-order chi connectivity index (χ1) is 14.0. The Hall–Kier alpha value is -2.73. The van der Waals surface area contributed by atoms with Gasteiger partial charge < -0.3 is 37.6 Å². The van der Waals surface area contributed by atoms with E-state index in [-0.39, 0.29) is 12.3 Å². The second-order valence-corrected chi connectivity index (χ2v) is 7.36. The van der Waals surface area contributed by atoms with Gasteiger partial charge in [-0.05, 0) is 38.1 Å². The third-order valence-electron chi connectivity index (χ3n) is 4.08. The lowest BCUT2D eigenvalue weighted by Gasteiger charge is -2.21. The topological polar surface area (TPSA) is 214 Å². The first-order valence-electron chi connectivity index (χ1n) is 9.75. The van der Waals surface area contributed by atoms with Crippen LogP contribution < -0.4 is 27.4 Å². The molecule has 0 aromatic heterocycles. The zero-order valence-corrected chi connectivity index (χ0v) is 17.3. The van der Waals surface area contributed by atoms with Crippen LogP contribution in [0.4, 0.5) is 0 Å². The second kappa shape index (κ2) is 14.3. The summed E-state index contributed by atoms with van der Waals surface area (Å²) in [7, 11) is 0. The van der Waals surface area contributed by atoms with Crippen LogP contribution in [0.15, 0.2) is 0 Å². The number of unbranched alkanes of at least 4 members (excludes halogenated alkanes) is 1. The maximum Gasteiger partial charge on any atom is 0.326 e. The maximum atomic E-state index is 12.4. The lowest BCUT2D eigenvalue weighted by Crippen LogP contribution is -2.53. The quantitative estimate of drug-likeness (QED) is 0.144. The minimum absolute atomic E-state index is 0.187. The number of carbonyl (C=O) groups is 5. The van der Waals surface area contributed by atoms with Crippen LogP contribution in [0.3, 0.4) is 0 Å². The van der Waals surface area contributed by atoms with Crippen molar-refractivity contribution in [2.24, 2.45) is 17.4 Å². The Balaban J connectivity index is 4.86. The molecule has 172 valence electrons. The number of carboxylic acids is 2. The number of amides is 3. The molecule has 0 aliphatic carbocycles. The molecule has 0 fully saturated rings. The molecule has 0 bridgehead atoms. The van der Waals surface area contributed by atoms with E-state index < -0.39 is 60.8 Å². The van der Waals surface area contributed by atoms with Crippen LogP contribution >= 0.6 is 0 Å². The van der Waals surface area contributed by atoms with Gasteiger partial charge in [-0.2, -0.15) is 0 Å². The van der Waals surface area contributed by atoms with E-state index in [0.717, 1.165) is 0 Å². The van der Waals surface area contributed by atoms with Crippen LogP contribution in [0.2, 0.25) is 0 Å². The molecule has 0 radical (unpaired) electrons. The number of carbonyl (C=O) groups excluding carboxylic acids is 3. The summed E-state index contributed by atoms with van der Waals surface area (Å²) in [5, 5.41) is 24.5. The van der Waals surface area contributed by atoms with Gasteiger partial charge in [0, 0.05) is 0 Å². The van der Waals surface area contributed by atoms with Gasteiger partial charge in [-0.3, -0.25) is 19.2 Å². The summed E-state index contributed by atoms with van der Waals surface area (Å²) >= 11 is 0. The molecule has 12 nitrogen and oxygen atoms in total. The minimum Gasteiger partial charge on any atom is -0.481 e. The van der Waals surface area contributed by atoms with Crippen molar-refractivity contribution in [3.05, 3.63) is 0 Å². The molecule has 0 saturated heterocycles. The molecule has 30 heavy (non-hydrogen) atoms. The van der Waals surface area contributed by atoms with Crippen molar-refractivity contribution in [2.75, 3.05) is 13.1 Å². The largest absolute Gasteiger partial charge is 0.481 e. The molecule has 3 unspecified atom stereocenters. The summed E-state index contributed by atoms with van der Waals surface area (Å²) in [6.07, 6.45) is 1.10. The van der Waals surface area contributed by atoms with Crippen LogP contribution in [-0.4, -0.2) is 71.1 Å². The molecule has 0 heterocycles. The Morgan fingerprint density at radius 1 is 0.933 bits per heavy atom. The fraction of sp³-hybridized carbons (Fsp3) is 0.722. The monoisotopic (exact) mass is 431 g/mol. The van der Waals surface area contributed by atoms with E-state index in [0.29, 0.717) is 25.8 Å². The van der Waals surface area contributed by atoms with Gasteiger partial charge in [0.05, 0.1) is 19.0 Å². The van der Waals surface area contributed by atoms with Crippen LogP contribution in [0, 0.1) is 5.92 Å².